The van der Waals surface area contributed by atoms with Crippen LogP contribution < -0.4 is 4.74 Å². The number of hydrogen-bond donors (Lipinski definition) is 5. The van der Waals surface area contributed by atoms with Crippen molar-refractivity contribution >= 4 is 17.7 Å². The minimum atomic E-state index is -1.78. The molecule has 0 aliphatic heterocycles. The van der Waals surface area contributed by atoms with Gasteiger partial charge in [0.25, 0.3) is 0 Å². The third-order valence-electron chi connectivity index (χ3n) is 3.70. The Morgan fingerprint density at radius 2 is 1.54 bits per heavy atom. The minimum absolute atomic E-state index is 0.0461. The third-order valence-corrected chi connectivity index (χ3v) is 3.96. The van der Waals surface area contributed by atoms with E-state index in [-0.39, 0.29) is 5.76 Å². The molecule has 6 nitrogen and oxygen atoms in total. The Labute approximate surface area is 156 Å². The molecule has 26 heavy (non-hydrogen) atoms. The summed E-state index contributed by atoms with van der Waals surface area (Å²) < 4.78 is 5.66. The molecule has 0 saturated carbocycles. The maximum absolute atomic E-state index is 10.4. The molecule has 2 aromatic carbocycles. The lowest BCUT2D eigenvalue weighted by molar-refractivity contribution is -0.111. The van der Waals surface area contributed by atoms with Crippen LogP contribution in [0.1, 0.15) is 5.56 Å². The summed E-state index contributed by atoms with van der Waals surface area (Å²) in [7, 11) is 0. The fourth-order valence-electron chi connectivity index (χ4n) is 2.21. The van der Waals surface area contributed by atoms with E-state index in [0.29, 0.717) is 16.3 Å². The van der Waals surface area contributed by atoms with Crippen molar-refractivity contribution in [1.82, 2.24) is 0 Å². The Hall–Kier alpha value is -1.93. The largest absolute Gasteiger partial charge is 0.459 e. The quantitative estimate of drug-likeness (QED) is 0.440. The van der Waals surface area contributed by atoms with E-state index in [1.54, 1.807) is 54.6 Å². The first kappa shape index (κ1) is 20.4. The number of para-hydroxylation sites is 1. The summed E-state index contributed by atoms with van der Waals surface area (Å²) in [5.74, 6) is 0.367. The highest BCUT2D eigenvalue weighted by molar-refractivity contribution is 6.30. The molecule has 0 saturated heterocycles. The molecule has 0 aliphatic carbocycles. The molecule has 0 bridgehead atoms. The van der Waals surface area contributed by atoms with Gasteiger partial charge in [-0.1, -0.05) is 41.9 Å². The molecule has 0 radical (unpaired) electrons. The van der Waals surface area contributed by atoms with E-state index in [1.165, 1.54) is 6.08 Å². The summed E-state index contributed by atoms with van der Waals surface area (Å²) >= 11 is 5.86. The number of aliphatic hydroxyl groups excluding tert-OH is 5. The second-order valence-corrected chi connectivity index (χ2v) is 6.13. The van der Waals surface area contributed by atoms with Crippen molar-refractivity contribution in [2.24, 2.45) is 0 Å². The Morgan fingerprint density at radius 3 is 2.12 bits per heavy atom. The van der Waals surface area contributed by atoms with Crippen molar-refractivity contribution in [1.29, 1.82) is 0 Å². The van der Waals surface area contributed by atoms with Gasteiger partial charge in [0, 0.05) is 5.02 Å². The molecular weight excluding hydrogens is 360 g/mol. The second kappa shape index (κ2) is 9.68. The van der Waals surface area contributed by atoms with Crippen LogP contribution in [0, 0.1) is 0 Å². The van der Waals surface area contributed by atoms with Crippen molar-refractivity contribution in [3.8, 4) is 5.75 Å². The van der Waals surface area contributed by atoms with Crippen LogP contribution in [0.25, 0.3) is 6.08 Å². The normalized spacial score (nSPS) is 16.6. The zero-order valence-corrected chi connectivity index (χ0v) is 14.6. The van der Waals surface area contributed by atoms with E-state index in [0.717, 1.165) is 0 Å². The predicted octanol–water partition coefficient (Wildman–Crippen LogP) is 1.20. The lowest BCUT2D eigenvalue weighted by atomic mass is 10.0. The monoisotopic (exact) mass is 380 g/mol. The first-order valence-electron chi connectivity index (χ1n) is 7.95. The molecule has 4 unspecified atom stereocenters. The summed E-state index contributed by atoms with van der Waals surface area (Å²) in [4.78, 5) is 0. The Bertz CT molecular complexity index is 704. The molecular formula is C19H21ClO6. The molecule has 7 heteroatoms. The molecule has 0 fully saturated rings. The highest BCUT2D eigenvalue weighted by Crippen LogP contribution is 2.22. The lowest BCUT2D eigenvalue weighted by Gasteiger charge is -2.27. The van der Waals surface area contributed by atoms with E-state index >= 15 is 0 Å². The van der Waals surface area contributed by atoms with Gasteiger partial charge in [-0.15, -0.1) is 0 Å². The molecule has 0 amide bonds. The molecule has 2 rings (SSSR count). The Balaban J connectivity index is 2.31. The zero-order valence-electron chi connectivity index (χ0n) is 13.8. The van der Waals surface area contributed by atoms with Gasteiger partial charge in [-0.3, -0.25) is 0 Å². The first-order chi connectivity index (χ1) is 12.4. The molecule has 5 N–H and O–H groups in total. The van der Waals surface area contributed by atoms with Gasteiger partial charge in [0.2, 0.25) is 0 Å². The summed E-state index contributed by atoms with van der Waals surface area (Å²) in [6, 6.07) is 15.3. The van der Waals surface area contributed by atoms with Crippen LogP contribution in [0.4, 0.5) is 0 Å². The Morgan fingerprint density at radius 1 is 0.923 bits per heavy atom. The third kappa shape index (κ3) is 5.54. The molecule has 0 aliphatic rings. The maximum Gasteiger partial charge on any atom is 0.140 e. The van der Waals surface area contributed by atoms with Gasteiger partial charge in [0.1, 0.15) is 35.9 Å². The van der Waals surface area contributed by atoms with E-state index in [9.17, 15) is 20.4 Å². The van der Waals surface area contributed by atoms with Gasteiger partial charge in [-0.2, -0.15) is 0 Å². The minimum Gasteiger partial charge on any atom is -0.459 e. The first-order valence-corrected chi connectivity index (χ1v) is 8.33. The van der Waals surface area contributed by atoms with Crippen LogP contribution in [0.15, 0.2) is 60.4 Å². The molecule has 140 valence electrons. The van der Waals surface area contributed by atoms with Crippen molar-refractivity contribution in [2.75, 3.05) is 6.61 Å². The number of hydrogen-bond acceptors (Lipinski definition) is 6. The molecule has 2 aromatic rings. The van der Waals surface area contributed by atoms with Gasteiger partial charge in [0.05, 0.1) is 6.61 Å². The number of rotatable bonds is 8. The predicted molar refractivity (Wildman–Crippen MR) is 97.6 cm³/mol. The molecule has 0 aromatic heterocycles. The second-order valence-electron chi connectivity index (χ2n) is 5.69. The maximum atomic E-state index is 10.4. The van der Waals surface area contributed by atoms with Gasteiger partial charge < -0.3 is 30.3 Å². The molecule has 0 spiro atoms. The van der Waals surface area contributed by atoms with Crippen molar-refractivity contribution in [3.05, 3.63) is 70.9 Å². The topological polar surface area (TPSA) is 110 Å². The highest BCUT2D eigenvalue weighted by atomic mass is 35.5. The summed E-state index contributed by atoms with van der Waals surface area (Å²) in [5.41, 5.74) is 0.642. The van der Waals surface area contributed by atoms with Crippen molar-refractivity contribution < 1.29 is 30.3 Å². The molecule has 4 atom stereocenters. The Kier molecular flexibility index (Phi) is 7.59. The average Bonchev–Trinajstić information content (AvgIpc) is 2.67. The van der Waals surface area contributed by atoms with E-state index in [2.05, 4.69) is 0 Å². The van der Waals surface area contributed by atoms with Crippen LogP contribution in [-0.2, 0) is 0 Å². The zero-order chi connectivity index (χ0) is 19.1. The van der Waals surface area contributed by atoms with Crippen LogP contribution in [0.2, 0.25) is 5.02 Å². The molecule has 0 heterocycles. The number of ether oxygens (including phenoxy) is 1. The van der Waals surface area contributed by atoms with Crippen LogP contribution in [-0.4, -0.2) is 56.6 Å². The summed E-state index contributed by atoms with van der Waals surface area (Å²) in [5, 5.41) is 49.4. The average molecular weight is 381 g/mol. The van der Waals surface area contributed by atoms with Gasteiger partial charge in [0.15, 0.2) is 0 Å². The van der Waals surface area contributed by atoms with Crippen molar-refractivity contribution in [2.45, 2.75) is 24.4 Å². The highest BCUT2D eigenvalue weighted by Gasteiger charge is 2.33. The van der Waals surface area contributed by atoms with Crippen molar-refractivity contribution in [3.63, 3.8) is 0 Å². The summed E-state index contributed by atoms with van der Waals surface area (Å²) in [6.45, 7) is -0.763. The fourth-order valence-corrected chi connectivity index (χ4v) is 2.34. The number of benzene rings is 2. The lowest BCUT2D eigenvalue weighted by Crippen LogP contribution is -2.47. The fraction of sp³-hybridized carbons (Fsp3) is 0.263. The number of halogens is 1. The SMILES string of the molecule is OCC(O)C(O)C(O)C(O)C(=Cc1ccc(Cl)cc1)Oc1ccccc1. The van der Waals surface area contributed by atoms with Gasteiger partial charge >= 0.3 is 0 Å². The van der Waals surface area contributed by atoms with E-state index in [1.807, 2.05) is 0 Å². The van der Waals surface area contributed by atoms with Gasteiger partial charge in [-0.05, 0) is 35.9 Å². The standard InChI is InChI=1S/C19H21ClO6/c20-13-8-6-12(7-9-13)10-16(26-14-4-2-1-3-5-14)18(24)19(25)17(23)15(22)11-21/h1-10,15,17-19,21-25H,11H2. The van der Waals surface area contributed by atoms with Crippen LogP contribution in [0.3, 0.4) is 0 Å². The smallest absolute Gasteiger partial charge is 0.140 e. The van der Waals surface area contributed by atoms with E-state index in [4.69, 9.17) is 21.4 Å². The summed E-state index contributed by atoms with van der Waals surface area (Å²) in [6.07, 6.45) is -5.31. The van der Waals surface area contributed by atoms with Crippen LogP contribution >= 0.6 is 11.6 Å². The van der Waals surface area contributed by atoms with Crippen LogP contribution in [0.5, 0.6) is 5.75 Å². The van der Waals surface area contributed by atoms with Gasteiger partial charge in [-0.25, -0.2) is 0 Å². The number of aliphatic hydroxyl groups is 5. The van der Waals surface area contributed by atoms with E-state index < -0.39 is 31.0 Å².